The third-order valence-electron chi connectivity index (χ3n) is 3.51. The van der Waals surface area contributed by atoms with E-state index in [0.717, 1.165) is 22.0 Å². The highest BCUT2D eigenvalue weighted by molar-refractivity contribution is 7.88. The lowest BCUT2D eigenvalue weighted by Gasteiger charge is -2.18. The van der Waals surface area contributed by atoms with Gasteiger partial charge in [0.25, 0.3) is 0 Å². The van der Waals surface area contributed by atoms with Crippen molar-refractivity contribution in [2.45, 2.75) is 12.5 Å². The van der Waals surface area contributed by atoms with Gasteiger partial charge in [-0.25, -0.2) is 8.42 Å². The average Bonchev–Trinajstić information content (AvgIpc) is 3.15. The molecule has 0 amide bonds. The minimum absolute atomic E-state index is 0.442. The number of benzene rings is 1. The Bertz CT molecular complexity index is 779. The van der Waals surface area contributed by atoms with Crippen LogP contribution < -0.4 is 4.74 Å². The molecule has 116 valence electrons. The molecule has 0 N–H and O–H groups in total. The molecular formula is C15H16N2O4S. The van der Waals surface area contributed by atoms with Gasteiger partial charge in [0, 0.05) is 6.42 Å². The van der Waals surface area contributed by atoms with Crippen molar-refractivity contribution >= 4 is 15.7 Å². The van der Waals surface area contributed by atoms with Gasteiger partial charge in [-0.3, -0.25) is 0 Å². The number of methoxy groups -OCH3 is 1. The van der Waals surface area contributed by atoms with Gasteiger partial charge >= 0.3 is 0 Å². The maximum absolute atomic E-state index is 12.0. The summed E-state index contributed by atoms with van der Waals surface area (Å²) in [6, 6.07) is 10.4. The van der Waals surface area contributed by atoms with Crippen LogP contribution in [-0.2, 0) is 10.0 Å². The Labute approximate surface area is 129 Å². The molecule has 0 saturated carbocycles. The smallest absolute Gasteiger partial charge is 0.247 e. The highest BCUT2D eigenvalue weighted by Gasteiger charge is 2.36. The second kappa shape index (κ2) is 5.49. The summed E-state index contributed by atoms with van der Waals surface area (Å²) in [5.41, 5.74) is 1.57. The van der Waals surface area contributed by atoms with Crippen molar-refractivity contribution in [1.82, 2.24) is 4.41 Å². The van der Waals surface area contributed by atoms with Crippen LogP contribution in [0.3, 0.4) is 0 Å². The molecule has 1 aliphatic rings. The first-order valence-corrected chi connectivity index (χ1v) is 8.58. The third-order valence-corrected chi connectivity index (χ3v) is 4.52. The first kappa shape index (κ1) is 14.6. The number of hydrogen-bond donors (Lipinski definition) is 0. The number of hydrogen-bond acceptors (Lipinski definition) is 5. The van der Waals surface area contributed by atoms with Crippen LogP contribution in [0.1, 0.15) is 23.8 Å². The fraction of sp³-hybridized carbons (Fsp3) is 0.267. The second-order valence-electron chi connectivity index (χ2n) is 5.05. The lowest BCUT2D eigenvalue weighted by molar-refractivity contribution is 0.322. The van der Waals surface area contributed by atoms with Gasteiger partial charge in [0.05, 0.1) is 25.3 Å². The molecule has 22 heavy (non-hydrogen) atoms. The molecule has 0 aliphatic carbocycles. The van der Waals surface area contributed by atoms with Crippen LogP contribution in [0, 0.1) is 0 Å². The number of sulfonamides is 1. The molecule has 1 aliphatic heterocycles. The van der Waals surface area contributed by atoms with Gasteiger partial charge in [0.1, 0.15) is 17.6 Å². The summed E-state index contributed by atoms with van der Waals surface area (Å²) in [7, 11) is -1.87. The summed E-state index contributed by atoms with van der Waals surface area (Å²) in [4.78, 5) is 0. The van der Waals surface area contributed by atoms with E-state index in [-0.39, 0.29) is 0 Å². The van der Waals surface area contributed by atoms with Crippen LogP contribution in [0.2, 0.25) is 0 Å². The molecule has 3 rings (SSSR count). The predicted molar refractivity (Wildman–Crippen MR) is 82.3 cm³/mol. The van der Waals surface area contributed by atoms with E-state index in [0.29, 0.717) is 17.9 Å². The first-order chi connectivity index (χ1) is 10.5. The van der Waals surface area contributed by atoms with E-state index >= 15 is 0 Å². The molecule has 1 aromatic carbocycles. The molecule has 1 atom stereocenters. The van der Waals surface area contributed by atoms with Gasteiger partial charge < -0.3 is 9.15 Å². The van der Waals surface area contributed by atoms with Crippen molar-refractivity contribution in [3.63, 3.8) is 0 Å². The van der Waals surface area contributed by atoms with Gasteiger partial charge in [-0.15, -0.1) is 0 Å². The zero-order valence-corrected chi connectivity index (χ0v) is 13.1. The zero-order valence-electron chi connectivity index (χ0n) is 12.3. The van der Waals surface area contributed by atoms with Crippen molar-refractivity contribution < 1.29 is 17.6 Å². The normalized spacial score (nSPS) is 18.4. The first-order valence-electron chi connectivity index (χ1n) is 6.74. The molecule has 2 heterocycles. The molecule has 0 spiro atoms. The van der Waals surface area contributed by atoms with Crippen molar-refractivity contribution in [3.05, 3.63) is 54.0 Å². The highest BCUT2D eigenvalue weighted by atomic mass is 32.2. The van der Waals surface area contributed by atoms with Crippen LogP contribution in [0.5, 0.6) is 5.75 Å². The lowest BCUT2D eigenvalue weighted by Crippen LogP contribution is -2.25. The Kier molecular flexibility index (Phi) is 3.66. The van der Waals surface area contributed by atoms with E-state index < -0.39 is 16.1 Å². The van der Waals surface area contributed by atoms with Crippen molar-refractivity contribution in [1.29, 1.82) is 0 Å². The Morgan fingerprint density at radius 1 is 1.27 bits per heavy atom. The number of rotatable bonds is 4. The topological polar surface area (TPSA) is 72.1 Å². The van der Waals surface area contributed by atoms with Crippen molar-refractivity contribution in [2.24, 2.45) is 5.10 Å². The monoisotopic (exact) mass is 320 g/mol. The van der Waals surface area contributed by atoms with Gasteiger partial charge in [0.15, 0.2) is 0 Å². The van der Waals surface area contributed by atoms with Crippen LogP contribution in [0.15, 0.2) is 52.2 Å². The summed E-state index contributed by atoms with van der Waals surface area (Å²) in [6.45, 7) is 0. The molecule has 2 aromatic rings. The van der Waals surface area contributed by atoms with Crippen LogP contribution in [-0.4, -0.2) is 31.9 Å². The van der Waals surface area contributed by atoms with Gasteiger partial charge in [-0.1, -0.05) is 0 Å². The molecule has 1 aromatic heterocycles. The summed E-state index contributed by atoms with van der Waals surface area (Å²) in [5, 5.41) is 4.28. The van der Waals surface area contributed by atoms with E-state index in [1.165, 1.54) is 6.26 Å². The average molecular weight is 320 g/mol. The van der Waals surface area contributed by atoms with Crippen molar-refractivity contribution in [3.8, 4) is 5.75 Å². The Balaban J connectivity index is 1.96. The number of ether oxygens (including phenoxy) is 1. The van der Waals surface area contributed by atoms with Crippen LogP contribution >= 0.6 is 0 Å². The van der Waals surface area contributed by atoms with Gasteiger partial charge in [-0.2, -0.15) is 9.52 Å². The fourth-order valence-corrected chi connectivity index (χ4v) is 3.33. The summed E-state index contributed by atoms with van der Waals surface area (Å²) in [5.74, 6) is 1.32. The van der Waals surface area contributed by atoms with Crippen LogP contribution in [0.25, 0.3) is 0 Å². The zero-order chi connectivity index (χ0) is 15.7. The summed E-state index contributed by atoms with van der Waals surface area (Å²) in [6.07, 6.45) is 3.14. The maximum atomic E-state index is 12.0. The standard InChI is InChI=1S/C15H16N2O4S/c1-20-12-7-5-11(6-8-12)13-10-14(15-4-3-9-21-15)17(16-13)22(2,18)19/h3-9,14H,10H2,1-2H3. The number of furan rings is 1. The van der Waals surface area contributed by atoms with E-state index in [1.54, 1.807) is 19.2 Å². The number of hydrazone groups is 1. The fourth-order valence-electron chi connectivity index (χ4n) is 2.45. The van der Waals surface area contributed by atoms with E-state index in [1.807, 2.05) is 24.3 Å². The minimum Gasteiger partial charge on any atom is -0.497 e. The summed E-state index contributed by atoms with van der Waals surface area (Å²) < 4.78 is 35.6. The molecule has 0 fully saturated rings. The molecule has 6 nitrogen and oxygen atoms in total. The minimum atomic E-state index is -3.47. The third kappa shape index (κ3) is 2.71. The van der Waals surface area contributed by atoms with Crippen molar-refractivity contribution in [2.75, 3.05) is 13.4 Å². The molecule has 0 saturated heterocycles. The predicted octanol–water partition coefficient (Wildman–Crippen LogP) is 2.40. The SMILES string of the molecule is COc1ccc(C2=NN(S(C)(=O)=O)C(c3ccco3)C2)cc1. The van der Waals surface area contributed by atoms with Gasteiger partial charge in [0.2, 0.25) is 10.0 Å². The van der Waals surface area contributed by atoms with E-state index in [4.69, 9.17) is 9.15 Å². The van der Waals surface area contributed by atoms with E-state index in [2.05, 4.69) is 5.10 Å². The summed E-state index contributed by atoms with van der Waals surface area (Å²) >= 11 is 0. The van der Waals surface area contributed by atoms with Crippen LogP contribution in [0.4, 0.5) is 0 Å². The Morgan fingerprint density at radius 2 is 2.00 bits per heavy atom. The molecule has 7 heteroatoms. The molecular weight excluding hydrogens is 304 g/mol. The molecule has 1 unspecified atom stereocenters. The Morgan fingerprint density at radius 3 is 2.55 bits per heavy atom. The lowest BCUT2D eigenvalue weighted by atomic mass is 10.0. The molecule has 0 bridgehead atoms. The quantitative estimate of drug-likeness (QED) is 0.867. The molecule has 0 radical (unpaired) electrons. The maximum Gasteiger partial charge on any atom is 0.247 e. The number of nitrogens with zero attached hydrogens (tertiary/aromatic N) is 2. The van der Waals surface area contributed by atoms with E-state index in [9.17, 15) is 8.42 Å². The largest absolute Gasteiger partial charge is 0.497 e. The highest BCUT2D eigenvalue weighted by Crippen LogP contribution is 2.34. The Hall–Kier alpha value is -2.28. The second-order valence-corrected chi connectivity index (χ2v) is 6.89. The van der Waals surface area contributed by atoms with Gasteiger partial charge in [-0.05, 0) is 42.0 Å².